The van der Waals surface area contributed by atoms with Crippen LogP contribution in [0.3, 0.4) is 0 Å². The first-order valence-electron chi connectivity index (χ1n) is 9.52. The number of ether oxygens (including phenoxy) is 1. The number of carbonyl (C=O) groups is 1. The smallest absolute Gasteiger partial charge is 0.272 e. The largest absolute Gasteiger partial charge is 0.486 e. The second-order valence-electron chi connectivity index (χ2n) is 6.86. The van der Waals surface area contributed by atoms with Gasteiger partial charge in [-0.15, -0.1) is 0 Å². The summed E-state index contributed by atoms with van der Waals surface area (Å²) in [5.41, 5.74) is 0.321. The first-order chi connectivity index (χ1) is 16.6. The summed E-state index contributed by atoms with van der Waals surface area (Å²) in [7, 11) is 0. The van der Waals surface area contributed by atoms with E-state index in [0.717, 1.165) is 17.7 Å². The molecule has 0 aliphatic heterocycles. The van der Waals surface area contributed by atoms with E-state index in [4.69, 9.17) is 62.7 Å². The molecule has 12 heteroatoms. The van der Waals surface area contributed by atoms with Crippen LogP contribution >= 0.6 is 58.0 Å². The van der Waals surface area contributed by atoms with Gasteiger partial charge >= 0.3 is 0 Å². The molecular formula is C23H12Cl5N3O4. The van der Waals surface area contributed by atoms with Gasteiger partial charge in [0.05, 0.1) is 30.7 Å². The fraction of sp³-hybridized carbons (Fsp3) is 0.0435. The summed E-state index contributed by atoms with van der Waals surface area (Å²) in [5.74, 6) is -0.644. The number of nitro groups is 1. The average Bonchev–Trinajstić information content (AvgIpc) is 2.80. The van der Waals surface area contributed by atoms with E-state index in [-0.39, 0.29) is 49.4 Å². The van der Waals surface area contributed by atoms with Gasteiger partial charge in [-0.1, -0.05) is 76.2 Å². The van der Waals surface area contributed by atoms with E-state index < -0.39 is 10.8 Å². The lowest BCUT2D eigenvalue weighted by Crippen LogP contribution is -2.14. The summed E-state index contributed by atoms with van der Waals surface area (Å²) in [6, 6.07) is 13.9. The number of nitriles is 1. The van der Waals surface area contributed by atoms with E-state index in [1.807, 2.05) is 6.07 Å². The molecule has 0 heterocycles. The Labute approximate surface area is 224 Å². The molecule has 0 aromatic heterocycles. The van der Waals surface area contributed by atoms with Gasteiger partial charge in [0.15, 0.2) is 5.75 Å². The van der Waals surface area contributed by atoms with Crippen LogP contribution in [0, 0.1) is 21.4 Å². The van der Waals surface area contributed by atoms with Crippen LogP contribution in [0.15, 0.2) is 54.1 Å². The molecule has 0 atom stereocenters. The number of nitrogens with zero attached hydrogens (tertiary/aromatic N) is 2. The first kappa shape index (κ1) is 26.6. The summed E-state index contributed by atoms with van der Waals surface area (Å²) < 4.78 is 5.71. The third-order valence-corrected chi connectivity index (χ3v) is 6.03. The van der Waals surface area contributed by atoms with Crippen LogP contribution < -0.4 is 10.1 Å². The molecule has 3 aromatic rings. The fourth-order valence-electron chi connectivity index (χ4n) is 2.85. The highest BCUT2D eigenvalue weighted by Crippen LogP contribution is 2.37. The summed E-state index contributed by atoms with van der Waals surface area (Å²) in [4.78, 5) is 22.9. The van der Waals surface area contributed by atoms with E-state index in [9.17, 15) is 20.2 Å². The Morgan fingerprint density at radius 1 is 1.00 bits per heavy atom. The highest BCUT2D eigenvalue weighted by molar-refractivity contribution is 6.40. The molecule has 0 unspecified atom stereocenters. The number of nitrogens with one attached hydrogen (secondary N) is 1. The minimum atomic E-state index is -0.851. The van der Waals surface area contributed by atoms with Crippen molar-refractivity contribution in [2.24, 2.45) is 0 Å². The Kier molecular flexibility index (Phi) is 8.84. The summed E-state index contributed by atoms with van der Waals surface area (Å²) in [6.07, 6.45) is 1.25. The van der Waals surface area contributed by atoms with Crippen molar-refractivity contribution in [2.75, 3.05) is 5.32 Å². The summed E-state index contributed by atoms with van der Waals surface area (Å²) in [6.45, 7) is 0.122. The SMILES string of the molecule is N#C/C(=C\c1cc(Cl)c(OCc2ccccc2Cl)c(Cl)c1)C(=O)Nc1c(Cl)cc([N+](=O)[O-])cc1Cl. The van der Waals surface area contributed by atoms with Crippen LogP contribution in [-0.4, -0.2) is 10.8 Å². The Morgan fingerprint density at radius 2 is 1.60 bits per heavy atom. The highest BCUT2D eigenvalue weighted by Gasteiger charge is 2.19. The molecular weight excluding hydrogens is 560 g/mol. The van der Waals surface area contributed by atoms with Gasteiger partial charge in [0.25, 0.3) is 11.6 Å². The number of carbonyl (C=O) groups excluding carboxylic acids is 1. The molecule has 0 aliphatic carbocycles. The van der Waals surface area contributed by atoms with Crippen molar-refractivity contribution < 1.29 is 14.5 Å². The molecule has 0 aliphatic rings. The Balaban J connectivity index is 1.82. The fourth-order valence-corrected chi connectivity index (χ4v) is 4.22. The van der Waals surface area contributed by atoms with Crippen molar-refractivity contribution in [1.82, 2.24) is 0 Å². The predicted molar refractivity (Wildman–Crippen MR) is 138 cm³/mol. The Morgan fingerprint density at radius 3 is 2.14 bits per heavy atom. The van der Waals surface area contributed by atoms with Gasteiger partial charge in [0, 0.05) is 22.7 Å². The average molecular weight is 572 g/mol. The summed E-state index contributed by atoms with van der Waals surface area (Å²) in [5, 5.41) is 23.3. The molecule has 35 heavy (non-hydrogen) atoms. The van der Waals surface area contributed by atoms with Crippen molar-refractivity contribution in [3.8, 4) is 11.8 Å². The number of halogens is 5. The zero-order valence-electron chi connectivity index (χ0n) is 17.3. The van der Waals surface area contributed by atoms with Gasteiger partial charge in [-0.3, -0.25) is 14.9 Å². The quantitative estimate of drug-likeness (QED) is 0.134. The number of anilines is 1. The Bertz CT molecular complexity index is 1360. The van der Waals surface area contributed by atoms with E-state index in [1.165, 1.54) is 18.2 Å². The van der Waals surface area contributed by atoms with E-state index in [2.05, 4.69) is 5.32 Å². The Hall–Kier alpha value is -2.99. The maximum absolute atomic E-state index is 12.6. The number of amides is 1. The minimum absolute atomic E-state index is 0.0792. The topological polar surface area (TPSA) is 105 Å². The van der Waals surface area contributed by atoms with Gasteiger partial charge in [-0.2, -0.15) is 5.26 Å². The lowest BCUT2D eigenvalue weighted by atomic mass is 10.1. The first-order valence-corrected chi connectivity index (χ1v) is 11.4. The van der Waals surface area contributed by atoms with Crippen molar-refractivity contribution >= 4 is 81.4 Å². The van der Waals surface area contributed by atoms with Crippen molar-refractivity contribution in [3.05, 3.63) is 100 Å². The maximum Gasteiger partial charge on any atom is 0.272 e. The molecule has 0 bridgehead atoms. The second-order valence-corrected chi connectivity index (χ2v) is 8.90. The lowest BCUT2D eigenvalue weighted by molar-refractivity contribution is -0.384. The normalized spacial score (nSPS) is 11.0. The van der Waals surface area contributed by atoms with Crippen molar-refractivity contribution in [1.29, 1.82) is 5.26 Å². The molecule has 0 radical (unpaired) electrons. The molecule has 3 aromatic carbocycles. The molecule has 0 fully saturated rings. The zero-order valence-corrected chi connectivity index (χ0v) is 21.1. The summed E-state index contributed by atoms with van der Waals surface area (Å²) >= 11 is 30.8. The molecule has 0 saturated carbocycles. The number of nitro benzene ring substituents is 1. The zero-order chi connectivity index (χ0) is 25.7. The number of non-ortho nitro benzene ring substituents is 1. The lowest BCUT2D eigenvalue weighted by Gasteiger charge is -2.12. The molecule has 1 amide bonds. The number of benzene rings is 3. The van der Waals surface area contributed by atoms with Gasteiger partial charge in [0.2, 0.25) is 0 Å². The van der Waals surface area contributed by atoms with Gasteiger partial charge in [0.1, 0.15) is 18.2 Å². The van der Waals surface area contributed by atoms with Crippen LogP contribution in [0.25, 0.3) is 6.08 Å². The van der Waals surface area contributed by atoms with Gasteiger partial charge < -0.3 is 10.1 Å². The third kappa shape index (κ3) is 6.57. The van der Waals surface area contributed by atoms with Crippen LogP contribution in [0.2, 0.25) is 25.1 Å². The monoisotopic (exact) mass is 569 g/mol. The molecule has 1 N–H and O–H groups in total. The molecule has 0 spiro atoms. The number of hydrogen-bond acceptors (Lipinski definition) is 5. The van der Waals surface area contributed by atoms with E-state index in [0.29, 0.717) is 10.6 Å². The third-order valence-electron chi connectivity index (χ3n) is 4.50. The molecule has 0 saturated heterocycles. The van der Waals surface area contributed by atoms with Crippen molar-refractivity contribution in [3.63, 3.8) is 0 Å². The maximum atomic E-state index is 12.6. The molecule has 178 valence electrons. The highest BCUT2D eigenvalue weighted by atomic mass is 35.5. The van der Waals surface area contributed by atoms with Crippen molar-refractivity contribution in [2.45, 2.75) is 6.61 Å². The molecule has 3 rings (SSSR count). The van der Waals surface area contributed by atoms with E-state index in [1.54, 1.807) is 24.3 Å². The van der Waals surface area contributed by atoms with Gasteiger partial charge in [-0.05, 0) is 29.8 Å². The van der Waals surface area contributed by atoms with Crippen LogP contribution in [0.5, 0.6) is 5.75 Å². The second kappa shape index (κ2) is 11.6. The minimum Gasteiger partial charge on any atom is -0.486 e. The van der Waals surface area contributed by atoms with Crippen LogP contribution in [0.4, 0.5) is 11.4 Å². The van der Waals surface area contributed by atoms with Crippen LogP contribution in [0.1, 0.15) is 11.1 Å². The van der Waals surface area contributed by atoms with E-state index >= 15 is 0 Å². The number of hydrogen-bond donors (Lipinski definition) is 1. The van der Waals surface area contributed by atoms with Crippen LogP contribution in [-0.2, 0) is 11.4 Å². The standard InChI is InChI=1S/C23H12Cl5N3O4/c24-16-4-2-1-3-13(16)11-35-22-19(27)6-12(7-20(22)28)5-14(10-29)23(32)30-21-17(25)8-15(31(33)34)9-18(21)26/h1-9H,11H2,(H,30,32)/b14-5+. The number of rotatable bonds is 7. The predicted octanol–water partition coefficient (Wildman–Crippen LogP) is 7.99. The molecule has 7 nitrogen and oxygen atoms in total. The van der Waals surface area contributed by atoms with Gasteiger partial charge in [-0.25, -0.2) is 0 Å².